The minimum absolute atomic E-state index is 0.335. The minimum Gasteiger partial charge on any atom is -0.330 e. The zero-order valence-corrected chi connectivity index (χ0v) is 11.0. The van der Waals surface area contributed by atoms with Gasteiger partial charge in [-0.05, 0) is 37.5 Å². The minimum atomic E-state index is 0.335. The molecule has 0 saturated heterocycles. The third-order valence-electron chi connectivity index (χ3n) is 4.27. The quantitative estimate of drug-likeness (QED) is 0.815. The molecule has 0 amide bonds. The van der Waals surface area contributed by atoms with E-state index in [1.165, 1.54) is 12.0 Å². The van der Waals surface area contributed by atoms with Crippen molar-refractivity contribution in [2.75, 3.05) is 26.2 Å². The Labute approximate surface area is 105 Å². The van der Waals surface area contributed by atoms with Crippen molar-refractivity contribution in [1.82, 2.24) is 4.90 Å². The lowest BCUT2D eigenvalue weighted by atomic mass is 9.92. The van der Waals surface area contributed by atoms with E-state index in [1.54, 1.807) is 0 Å². The molecule has 2 atom stereocenters. The number of hydrogen-bond donors (Lipinski definition) is 1. The smallest absolute Gasteiger partial charge is 0.0124 e. The lowest BCUT2D eigenvalue weighted by Crippen LogP contribution is -2.34. The average Bonchev–Trinajstić information content (AvgIpc) is 3.12. The molecule has 2 N–H and O–H groups in total. The highest BCUT2D eigenvalue weighted by Crippen LogP contribution is 2.54. The summed E-state index contributed by atoms with van der Waals surface area (Å²) in [7, 11) is 0. The number of rotatable bonds is 6. The Morgan fingerprint density at radius 2 is 1.88 bits per heavy atom. The summed E-state index contributed by atoms with van der Waals surface area (Å²) >= 11 is 0. The molecule has 1 aliphatic rings. The Balaban J connectivity index is 2.17. The second kappa shape index (κ2) is 5.19. The van der Waals surface area contributed by atoms with Crippen molar-refractivity contribution in [3.05, 3.63) is 35.9 Å². The first-order valence-corrected chi connectivity index (χ1v) is 6.74. The normalized spacial score (nSPS) is 27.4. The van der Waals surface area contributed by atoms with Crippen LogP contribution in [-0.4, -0.2) is 31.1 Å². The lowest BCUT2D eigenvalue weighted by Gasteiger charge is -2.26. The number of nitrogens with two attached hydrogens (primary N) is 1. The van der Waals surface area contributed by atoms with Crippen molar-refractivity contribution in [3.8, 4) is 0 Å². The average molecular weight is 232 g/mol. The van der Waals surface area contributed by atoms with Gasteiger partial charge in [-0.3, -0.25) is 0 Å². The molecule has 0 aliphatic heterocycles. The molecule has 0 bridgehead atoms. The van der Waals surface area contributed by atoms with Crippen LogP contribution in [0.5, 0.6) is 0 Å². The Hall–Kier alpha value is -0.860. The standard InChI is InChI=1S/C15H24N2/c1-3-17(4-2)12-15(10-14(15)11-16)13-8-6-5-7-9-13/h5-9,14H,3-4,10-12,16H2,1-2H3. The van der Waals surface area contributed by atoms with Crippen LogP contribution >= 0.6 is 0 Å². The molecule has 1 saturated carbocycles. The van der Waals surface area contributed by atoms with E-state index >= 15 is 0 Å². The van der Waals surface area contributed by atoms with Crippen molar-refractivity contribution in [2.45, 2.75) is 25.7 Å². The summed E-state index contributed by atoms with van der Waals surface area (Å²) in [5.41, 5.74) is 7.70. The van der Waals surface area contributed by atoms with Crippen LogP contribution in [0.1, 0.15) is 25.8 Å². The maximum atomic E-state index is 5.89. The maximum Gasteiger partial charge on any atom is 0.0124 e. The van der Waals surface area contributed by atoms with Gasteiger partial charge in [0.05, 0.1) is 0 Å². The molecule has 2 unspecified atom stereocenters. The van der Waals surface area contributed by atoms with Gasteiger partial charge in [0.1, 0.15) is 0 Å². The van der Waals surface area contributed by atoms with Crippen LogP contribution in [0, 0.1) is 5.92 Å². The molecule has 1 aromatic rings. The number of likely N-dealkylation sites (N-methyl/N-ethyl adjacent to an activating group) is 1. The molecule has 2 heteroatoms. The molecule has 2 nitrogen and oxygen atoms in total. The third-order valence-corrected chi connectivity index (χ3v) is 4.27. The summed E-state index contributed by atoms with van der Waals surface area (Å²) < 4.78 is 0. The highest BCUT2D eigenvalue weighted by atomic mass is 15.1. The van der Waals surface area contributed by atoms with Gasteiger partial charge in [-0.2, -0.15) is 0 Å². The van der Waals surface area contributed by atoms with Crippen molar-refractivity contribution >= 4 is 0 Å². The maximum absolute atomic E-state index is 5.89. The summed E-state index contributed by atoms with van der Waals surface area (Å²) in [5, 5.41) is 0. The fraction of sp³-hybridized carbons (Fsp3) is 0.600. The van der Waals surface area contributed by atoms with Crippen LogP contribution < -0.4 is 5.73 Å². The van der Waals surface area contributed by atoms with Crippen molar-refractivity contribution in [1.29, 1.82) is 0 Å². The first-order chi connectivity index (χ1) is 8.26. The van der Waals surface area contributed by atoms with Gasteiger partial charge < -0.3 is 10.6 Å². The Morgan fingerprint density at radius 1 is 1.24 bits per heavy atom. The third kappa shape index (κ3) is 2.38. The van der Waals surface area contributed by atoms with Gasteiger partial charge in [-0.1, -0.05) is 44.2 Å². The van der Waals surface area contributed by atoms with Gasteiger partial charge in [0.15, 0.2) is 0 Å². The van der Waals surface area contributed by atoms with Gasteiger partial charge in [-0.15, -0.1) is 0 Å². The SMILES string of the molecule is CCN(CC)CC1(c2ccccc2)CC1CN. The van der Waals surface area contributed by atoms with Crippen molar-refractivity contribution in [3.63, 3.8) is 0 Å². The molecule has 0 radical (unpaired) electrons. The molecular weight excluding hydrogens is 208 g/mol. The van der Waals surface area contributed by atoms with E-state index in [0.29, 0.717) is 11.3 Å². The molecule has 1 aromatic carbocycles. The first kappa shape index (κ1) is 12.6. The molecule has 94 valence electrons. The second-order valence-corrected chi connectivity index (χ2v) is 5.12. The summed E-state index contributed by atoms with van der Waals surface area (Å²) in [5.74, 6) is 0.672. The van der Waals surface area contributed by atoms with E-state index in [9.17, 15) is 0 Å². The fourth-order valence-corrected chi connectivity index (χ4v) is 2.94. The van der Waals surface area contributed by atoms with E-state index in [1.807, 2.05) is 0 Å². The van der Waals surface area contributed by atoms with Crippen LogP contribution in [0.25, 0.3) is 0 Å². The topological polar surface area (TPSA) is 29.3 Å². The molecule has 0 aromatic heterocycles. The summed E-state index contributed by atoms with van der Waals surface area (Å²) in [6.45, 7) is 8.71. The van der Waals surface area contributed by atoms with Gasteiger partial charge in [0, 0.05) is 12.0 Å². The van der Waals surface area contributed by atoms with Gasteiger partial charge in [0.25, 0.3) is 0 Å². The highest BCUT2D eigenvalue weighted by molar-refractivity contribution is 5.34. The van der Waals surface area contributed by atoms with E-state index in [0.717, 1.165) is 26.2 Å². The lowest BCUT2D eigenvalue weighted by molar-refractivity contribution is 0.267. The summed E-state index contributed by atoms with van der Waals surface area (Å²) in [6.07, 6.45) is 1.25. The van der Waals surface area contributed by atoms with Crippen molar-refractivity contribution < 1.29 is 0 Å². The first-order valence-electron chi connectivity index (χ1n) is 6.74. The van der Waals surface area contributed by atoms with Crippen LogP contribution in [0.2, 0.25) is 0 Å². The predicted octanol–water partition coefficient (Wildman–Crippen LogP) is 2.24. The largest absolute Gasteiger partial charge is 0.330 e. The molecule has 2 rings (SSSR count). The molecule has 17 heavy (non-hydrogen) atoms. The summed E-state index contributed by atoms with van der Waals surface area (Å²) in [4.78, 5) is 2.52. The van der Waals surface area contributed by atoms with Crippen LogP contribution in [0.4, 0.5) is 0 Å². The highest BCUT2D eigenvalue weighted by Gasteiger charge is 2.54. The van der Waals surface area contributed by atoms with Crippen molar-refractivity contribution in [2.24, 2.45) is 11.7 Å². The fourth-order valence-electron chi connectivity index (χ4n) is 2.94. The van der Waals surface area contributed by atoms with E-state index in [2.05, 4.69) is 49.1 Å². The molecular formula is C15H24N2. The number of benzene rings is 1. The summed E-state index contributed by atoms with van der Waals surface area (Å²) in [6, 6.07) is 10.9. The zero-order chi connectivity index (χ0) is 12.3. The Kier molecular flexibility index (Phi) is 3.85. The second-order valence-electron chi connectivity index (χ2n) is 5.12. The van der Waals surface area contributed by atoms with Crippen LogP contribution in [0.15, 0.2) is 30.3 Å². The molecule has 1 fully saturated rings. The Bertz CT molecular complexity index is 345. The van der Waals surface area contributed by atoms with Crippen LogP contribution in [0.3, 0.4) is 0 Å². The van der Waals surface area contributed by atoms with E-state index in [4.69, 9.17) is 5.73 Å². The number of hydrogen-bond acceptors (Lipinski definition) is 2. The van der Waals surface area contributed by atoms with Gasteiger partial charge >= 0.3 is 0 Å². The molecule has 0 spiro atoms. The number of nitrogens with zero attached hydrogens (tertiary/aromatic N) is 1. The molecule has 1 aliphatic carbocycles. The van der Waals surface area contributed by atoms with Crippen LogP contribution in [-0.2, 0) is 5.41 Å². The van der Waals surface area contributed by atoms with Gasteiger partial charge in [-0.25, -0.2) is 0 Å². The predicted molar refractivity (Wildman–Crippen MR) is 73.1 cm³/mol. The van der Waals surface area contributed by atoms with E-state index in [-0.39, 0.29) is 0 Å². The monoisotopic (exact) mass is 232 g/mol. The van der Waals surface area contributed by atoms with E-state index < -0.39 is 0 Å². The van der Waals surface area contributed by atoms with Gasteiger partial charge in [0.2, 0.25) is 0 Å². The Morgan fingerprint density at radius 3 is 2.35 bits per heavy atom. The molecule has 0 heterocycles. The zero-order valence-electron chi connectivity index (χ0n) is 11.0.